The van der Waals surface area contributed by atoms with E-state index in [0.29, 0.717) is 12.1 Å². The van der Waals surface area contributed by atoms with Crippen LogP contribution in [0.5, 0.6) is 0 Å². The number of para-hydroxylation sites is 1. The first-order valence-electron chi connectivity index (χ1n) is 7.86. The molecule has 0 bridgehead atoms. The zero-order chi connectivity index (χ0) is 16.2. The third kappa shape index (κ3) is 3.24. The predicted octanol–water partition coefficient (Wildman–Crippen LogP) is 4.07. The molecule has 0 spiro atoms. The van der Waals surface area contributed by atoms with Crippen molar-refractivity contribution in [1.29, 1.82) is 0 Å². The number of benzene rings is 2. The van der Waals surface area contributed by atoms with Crippen LogP contribution >= 0.6 is 0 Å². The number of fused-ring (bicyclic) bond motifs is 1. The zero-order valence-corrected chi connectivity index (χ0v) is 13.5. The Morgan fingerprint density at radius 1 is 1.00 bits per heavy atom. The van der Waals surface area contributed by atoms with Crippen LogP contribution < -0.4 is 0 Å². The fourth-order valence-corrected chi connectivity index (χ4v) is 2.71. The van der Waals surface area contributed by atoms with E-state index >= 15 is 0 Å². The molecule has 23 heavy (non-hydrogen) atoms. The number of nitrogens with zero attached hydrogens (tertiary/aromatic N) is 2. The maximum Gasteiger partial charge on any atom is 0.254 e. The Labute approximate surface area is 136 Å². The second-order valence-corrected chi connectivity index (χ2v) is 5.71. The molecule has 0 saturated carbocycles. The molecule has 2 aromatic carbocycles. The lowest BCUT2D eigenvalue weighted by atomic mass is 10.1. The minimum atomic E-state index is 0.0168. The normalized spacial score (nSPS) is 10.7. The van der Waals surface area contributed by atoms with Crippen LogP contribution in [0.15, 0.2) is 60.8 Å². The number of aryl methyl sites for hydroxylation is 1. The van der Waals surface area contributed by atoms with Gasteiger partial charge in [-0.25, -0.2) is 0 Å². The molecule has 1 aromatic heterocycles. The lowest BCUT2D eigenvalue weighted by Crippen LogP contribution is -2.26. The molecule has 0 aliphatic heterocycles. The highest BCUT2D eigenvalue weighted by molar-refractivity contribution is 6.05. The maximum atomic E-state index is 12.8. The monoisotopic (exact) mass is 304 g/mol. The van der Waals surface area contributed by atoms with Gasteiger partial charge in [0, 0.05) is 25.2 Å². The fraction of sp³-hybridized carbons (Fsp3) is 0.200. The summed E-state index contributed by atoms with van der Waals surface area (Å²) in [6, 6.07) is 18.0. The van der Waals surface area contributed by atoms with E-state index < -0.39 is 0 Å². The Balaban J connectivity index is 1.83. The standard InChI is InChI=1S/C20H20N2O/c1-3-15-8-10-16(11-9-15)14-22(2)20(23)18-12-13-21-19-7-5-4-6-17(18)19/h4-13H,3,14H2,1-2H3. The Morgan fingerprint density at radius 2 is 1.70 bits per heavy atom. The lowest BCUT2D eigenvalue weighted by Gasteiger charge is -2.18. The topological polar surface area (TPSA) is 33.2 Å². The average Bonchev–Trinajstić information content (AvgIpc) is 2.61. The van der Waals surface area contributed by atoms with E-state index in [-0.39, 0.29) is 5.91 Å². The van der Waals surface area contributed by atoms with Gasteiger partial charge in [-0.2, -0.15) is 0 Å². The van der Waals surface area contributed by atoms with Crippen molar-refractivity contribution in [1.82, 2.24) is 9.88 Å². The first-order chi connectivity index (χ1) is 11.2. The zero-order valence-electron chi connectivity index (χ0n) is 13.5. The highest BCUT2D eigenvalue weighted by Gasteiger charge is 2.15. The van der Waals surface area contributed by atoms with Gasteiger partial charge in [0.05, 0.1) is 11.1 Å². The van der Waals surface area contributed by atoms with E-state index in [0.717, 1.165) is 22.9 Å². The lowest BCUT2D eigenvalue weighted by molar-refractivity contribution is 0.0787. The van der Waals surface area contributed by atoms with Crippen molar-refractivity contribution in [3.63, 3.8) is 0 Å². The van der Waals surface area contributed by atoms with Crippen LogP contribution in [0, 0.1) is 0 Å². The largest absolute Gasteiger partial charge is 0.337 e. The summed E-state index contributed by atoms with van der Waals surface area (Å²) < 4.78 is 0. The molecule has 0 radical (unpaired) electrons. The van der Waals surface area contributed by atoms with Crippen LogP contribution in [-0.2, 0) is 13.0 Å². The van der Waals surface area contributed by atoms with Crippen molar-refractivity contribution in [3.8, 4) is 0 Å². The second kappa shape index (κ2) is 6.61. The Morgan fingerprint density at radius 3 is 2.43 bits per heavy atom. The van der Waals surface area contributed by atoms with Gasteiger partial charge in [-0.1, -0.05) is 49.4 Å². The summed E-state index contributed by atoms with van der Waals surface area (Å²) in [7, 11) is 1.84. The molecular weight excluding hydrogens is 284 g/mol. The maximum absolute atomic E-state index is 12.8. The molecule has 3 nitrogen and oxygen atoms in total. The first-order valence-corrected chi connectivity index (χ1v) is 7.86. The number of carbonyl (C=O) groups is 1. The molecule has 3 heteroatoms. The minimum absolute atomic E-state index is 0.0168. The number of pyridine rings is 1. The summed E-state index contributed by atoms with van der Waals surface area (Å²) in [4.78, 5) is 18.9. The molecule has 3 rings (SSSR count). The van der Waals surface area contributed by atoms with Gasteiger partial charge in [0.25, 0.3) is 5.91 Å². The van der Waals surface area contributed by atoms with Gasteiger partial charge >= 0.3 is 0 Å². The van der Waals surface area contributed by atoms with E-state index in [1.807, 2.05) is 31.3 Å². The average molecular weight is 304 g/mol. The molecule has 1 amide bonds. The number of rotatable bonds is 4. The molecule has 0 fully saturated rings. The molecule has 0 atom stereocenters. The van der Waals surface area contributed by atoms with Gasteiger partial charge in [0.2, 0.25) is 0 Å². The van der Waals surface area contributed by atoms with Crippen LogP contribution in [0.4, 0.5) is 0 Å². The van der Waals surface area contributed by atoms with Crippen molar-refractivity contribution >= 4 is 16.8 Å². The Kier molecular flexibility index (Phi) is 4.38. The van der Waals surface area contributed by atoms with E-state index in [1.54, 1.807) is 17.2 Å². The quantitative estimate of drug-likeness (QED) is 0.728. The van der Waals surface area contributed by atoms with Crippen molar-refractivity contribution < 1.29 is 4.79 Å². The third-order valence-electron chi connectivity index (χ3n) is 4.08. The summed E-state index contributed by atoms with van der Waals surface area (Å²) in [5.41, 5.74) is 3.99. The highest BCUT2D eigenvalue weighted by atomic mass is 16.2. The van der Waals surface area contributed by atoms with Gasteiger partial charge in [-0.05, 0) is 29.7 Å². The summed E-state index contributed by atoms with van der Waals surface area (Å²) in [5, 5.41) is 0.896. The molecule has 1 heterocycles. The van der Waals surface area contributed by atoms with Gasteiger partial charge in [0.1, 0.15) is 0 Å². The summed E-state index contributed by atoms with van der Waals surface area (Å²) in [5.74, 6) is 0.0168. The summed E-state index contributed by atoms with van der Waals surface area (Å²) in [6.07, 6.45) is 2.72. The van der Waals surface area contributed by atoms with E-state index in [9.17, 15) is 4.79 Å². The third-order valence-corrected chi connectivity index (χ3v) is 4.08. The smallest absolute Gasteiger partial charge is 0.254 e. The van der Waals surface area contributed by atoms with Crippen LogP contribution in [-0.4, -0.2) is 22.8 Å². The number of hydrogen-bond acceptors (Lipinski definition) is 2. The molecule has 0 saturated heterocycles. The highest BCUT2D eigenvalue weighted by Crippen LogP contribution is 2.18. The van der Waals surface area contributed by atoms with E-state index in [4.69, 9.17) is 0 Å². The van der Waals surface area contributed by atoms with Gasteiger partial charge in [-0.3, -0.25) is 9.78 Å². The minimum Gasteiger partial charge on any atom is -0.337 e. The number of aromatic nitrogens is 1. The molecule has 0 N–H and O–H groups in total. The van der Waals surface area contributed by atoms with E-state index in [1.165, 1.54) is 5.56 Å². The van der Waals surface area contributed by atoms with Crippen molar-refractivity contribution in [2.24, 2.45) is 0 Å². The molecule has 0 aliphatic carbocycles. The summed E-state index contributed by atoms with van der Waals surface area (Å²) in [6.45, 7) is 2.73. The molecule has 0 unspecified atom stereocenters. The number of hydrogen-bond donors (Lipinski definition) is 0. The van der Waals surface area contributed by atoms with Crippen LogP contribution in [0.3, 0.4) is 0 Å². The number of amides is 1. The van der Waals surface area contributed by atoms with Crippen molar-refractivity contribution in [2.75, 3.05) is 7.05 Å². The van der Waals surface area contributed by atoms with Crippen LogP contribution in [0.1, 0.15) is 28.4 Å². The van der Waals surface area contributed by atoms with Gasteiger partial charge < -0.3 is 4.90 Å². The van der Waals surface area contributed by atoms with Crippen molar-refractivity contribution in [3.05, 3.63) is 77.5 Å². The molecule has 0 aliphatic rings. The van der Waals surface area contributed by atoms with E-state index in [2.05, 4.69) is 36.2 Å². The van der Waals surface area contributed by atoms with Gasteiger partial charge in [0.15, 0.2) is 0 Å². The second-order valence-electron chi connectivity index (χ2n) is 5.71. The molecule has 3 aromatic rings. The van der Waals surface area contributed by atoms with Crippen LogP contribution in [0.2, 0.25) is 0 Å². The van der Waals surface area contributed by atoms with Gasteiger partial charge in [-0.15, -0.1) is 0 Å². The SMILES string of the molecule is CCc1ccc(CN(C)C(=O)c2ccnc3ccccc23)cc1. The molecular formula is C20H20N2O. The number of carbonyl (C=O) groups excluding carboxylic acids is 1. The Bertz CT molecular complexity index is 819. The van der Waals surface area contributed by atoms with Crippen LogP contribution in [0.25, 0.3) is 10.9 Å². The summed E-state index contributed by atoms with van der Waals surface area (Å²) >= 11 is 0. The first kappa shape index (κ1) is 15.2. The Hall–Kier alpha value is -2.68. The van der Waals surface area contributed by atoms with Crippen molar-refractivity contribution in [2.45, 2.75) is 19.9 Å². The fourth-order valence-electron chi connectivity index (χ4n) is 2.71. The predicted molar refractivity (Wildman–Crippen MR) is 93.4 cm³/mol. The molecule has 116 valence electrons.